The lowest BCUT2D eigenvalue weighted by Crippen LogP contribution is -2.33. The van der Waals surface area contributed by atoms with E-state index >= 15 is 0 Å². The van der Waals surface area contributed by atoms with Crippen LogP contribution in [0.2, 0.25) is 5.02 Å². The van der Waals surface area contributed by atoms with Gasteiger partial charge in [-0.15, -0.1) is 24.0 Å². The van der Waals surface area contributed by atoms with E-state index in [1.807, 2.05) is 19.1 Å². The fourth-order valence-corrected chi connectivity index (χ4v) is 1.88. The van der Waals surface area contributed by atoms with E-state index in [9.17, 15) is 5.11 Å². The Bertz CT molecular complexity index is 432. The standard InChI is InChI=1S/C14H22ClN3O2.HI/c1-2-20-9-5-8-17-14(16)18-10-13(19)11-6-3-4-7-12(11)15;/h3-4,6-7,13,19H,2,5,8-10H2,1H3,(H3,16,17,18);1H. The van der Waals surface area contributed by atoms with Crippen LogP contribution in [-0.2, 0) is 4.74 Å². The van der Waals surface area contributed by atoms with Crippen LogP contribution in [0.5, 0.6) is 0 Å². The lowest BCUT2D eigenvalue weighted by atomic mass is 10.1. The quantitative estimate of drug-likeness (QED) is 0.257. The zero-order valence-electron chi connectivity index (χ0n) is 12.1. The molecule has 4 N–H and O–H groups in total. The fraction of sp³-hybridized carbons (Fsp3) is 0.500. The molecule has 0 bridgehead atoms. The molecule has 0 fully saturated rings. The van der Waals surface area contributed by atoms with Gasteiger partial charge in [-0.25, -0.2) is 0 Å². The lowest BCUT2D eigenvalue weighted by Gasteiger charge is -2.11. The highest BCUT2D eigenvalue weighted by atomic mass is 127. The van der Waals surface area contributed by atoms with Gasteiger partial charge in [-0.3, -0.25) is 4.99 Å². The number of aliphatic hydroxyl groups is 1. The number of nitrogens with two attached hydrogens (primary N) is 1. The first kappa shape index (κ1) is 20.4. The molecule has 0 amide bonds. The van der Waals surface area contributed by atoms with Crippen molar-refractivity contribution in [3.8, 4) is 0 Å². The van der Waals surface area contributed by atoms with Gasteiger partial charge in [-0.1, -0.05) is 29.8 Å². The summed E-state index contributed by atoms with van der Waals surface area (Å²) in [6, 6.07) is 7.15. The molecule has 0 aliphatic rings. The second-order valence-corrected chi connectivity index (χ2v) is 4.65. The van der Waals surface area contributed by atoms with Gasteiger partial charge in [0.1, 0.15) is 6.10 Å². The molecule has 1 unspecified atom stereocenters. The second kappa shape index (κ2) is 12.0. The number of nitrogens with zero attached hydrogens (tertiary/aromatic N) is 1. The van der Waals surface area contributed by atoms with Crippen molar-refractivity contribution in [1.29, 1.82) is 0 Å². The Morgan fingerprint density at radius 3 is 2.86 bits per heavy atom. The zero-order chi connectivity index (χ0) is 14.8. The molecule has 0 saturated heterocycles. The minimum Gasteiger partial charge on any atom is -0.386 e. The Morgan fingerprint density at radius 1 is 1.48 bits per heavy atom. The Labute approximate surface area is 147 Å². The molecule has 5 nitrogen and oxygen atoms in total. The predicted molar refractivity (Wildman–Crippen MR) is 97.4 cm³/mol. The molecular weight excluding hydrogens is 405 g/mol. The van der Waals surface area contributed by atoms with Gasteiger partial charge in [0.05, 0.1) is 6.54 Å². The second-order valence-electron chi connectivity index (χ2n) is 4.24. The number of rotatable bonds is 8. The summed E-state index contributed by atoms with van der Waals surface area (Å²) in [5.41, 5.74) is 6.36. The van der Waals surface area contributed by atoms with Crippen molar-refractivity contribution < 1.29 is 9.84 Å². The molecule has 120 valence electrons. The molecule has 0 spiro atoms. The van der Waals surface area contributed by atoms with Crippen LogP contribution in [0.4, 0.5) is 0 Å². The fourth-order valence-electron chi connectivity index (χ4n) is 1.62. The number of halogens is 2. The topological polar surface area (TPSA) is 79.9 Å². The van der Waals surface area contributed by atoms with E-state index in [1.54, 1.807) is 12.1 Å². The van der Waals surface area contributed by atoms with Gasteiger partial charge >= 0.3 is 0 Å². The van der Waals surface area contributed by atoms with Gasteiger partial charge in [-0.05, 0) is 19.4 Å². The number of aliphatic imine (C=N–C) groups is 1. The van der Waals surface area contributed by atoms with Crippen LogP contribution in [0.3, 0.4) is 0 Å². The molecule has 0 saturated carbocycles. The number of ether oxygens (including phenoxy) is 1. The first-order chi connectivity index (χ1) is 9.65. The lowest BCUT2D eigenvalue weighted by molar-refractivity contribution is 0.145. The third-order valence-corrected chi connectivity index (χ3v) is 3.02. The van der Waals surface area contributed by atoms with Crippen molar-refractivity contribution in [2.75, 3.05) is 26.3 Å². The minimum absolute atomic E-state index is 0. The maximum Gasteiger partial charge on any atom is 0.188 e. The molecule has 0 radical (unpaired) electrons. The van der Waals surface area contributed by atoms with Gasteiger partial charge in [0, 0.05) is 30.3 Å². The van der Waals surface area contributed by atoms with E-state index in [0.717, 1.165) is 6.42 Å². The van der Waals surface area contributed by atoms with Crippen molar-refractivity contribution in [2.45, 2.75) is 19.4 Å². The van der Waals surface area contributed by atoms with E-state index < -0.39 is 6.10 Å². The summed E-state index contributed by atoms with van der Waals surface area (Å²) in [7, 11) is 0. The van der Waals surface area contributed by atoms with E-state index in [2.05, 4.69) is 10.3 Å². The average Bonchev–Trinajstić information content (AvgIpc) is 2.45. The number of hydrogen-bond acceptors (Lipinski definition) is 3. The summed E-state index contributed by atoms with van der Waals surface area (Å²) in [5, 5.41) is 13.5. The summed E-state index contributed by atoms with van der Waals surface area (Å²) in [6.45, 7) is 4.23. The average molecular weight is 428 g/mol. The van der Waals surface area contributed by atoms with E-state index in [4.69, 9.17) is 22.1 Å². The zero-order valence-corrected chi connectivity index (χ0v) is 15.2. The Kier molecular flexibility index (Phi) is 11.7. The molecule has 0 aliphatic heterocycles. The normalized spacial score (nSPS) is 12.6. The molecule has 1 aromatic carbocycles. The van der Waals surface area contributed by atoms with Gasteiger partial charge in [0.25, 0.3) is 0 Å². The maximum absolute atomic E-state index is 10.00. The van der Waals surface area contributed by atoms with Gasteiger partial charge in [0.15, 0.2) is 5.96 Å². The van der Waals surface area contributed by atoms with Gasteiger partial charge in [-0.2, -0.15) is 0 Å². The molecular formula is C14H23ClIN3O2. The molecule has 0 aromatic heterocycles. The molecule has 1 atom stereocenters. The predicted octanol–water partition coefficient (Wildman–Crippen LogP) is 2.32. The summed E-state index contributed by atoms with van der Waals surface area (Å²) in [5.74, 6) is 0.313. The highest BCUT2D eigenvalue weighted by molar-refractivity contribution is 14.0. The van der Waals surface area contributed by atoms with Crippen LogP contribution in [-0.4, -0.2) is 37.4 Å². The van der Waals surface area contributed by atoms with Crippen molar-refractivity contribution in [2.24, 2.45) is 10.7 Å². The summed E-state index contributed by atoms with van der Waals surface area (Å²) in [4.78, 5) is 4.09. The van der Waals surface area contributed by atoms with Gasteiger partial charge in [0.2, 0.25) is 0 Å². The highest BCUT2D eigenvalue weighted by Crippen LogP contribution is 2.22. The summed E-state index contributed by atoms with van der Waals surface area (Å²) in [6.07, 6.45) is 0.101. The molecule has 1 aromatic rings. The Hall–Kier alpha value is -0.570. The first-order valence-electron chi connectivity index (χ1n) is 6.69. The Balaban J connectivity index is 0.00000400. The monoisotopic (exact) mass is 427 g/mol. The van der Waals surface area contributed by atoms with Crippen molar-refractivity contribution >= 4 is 41.5 Å². The Morgan fingerprint density at radius 2 is 2.19 bits per heavy atom. The largest absolute Gasteiger partial charge is 0.386 e. The van der Waals surface area contributed by atoms with Gasteiger partial charge < -0.3 is 20.9 Å². The van der Waals surface area contributed by atoms with E-state index in [-0.39, 0.29) is 30.5 Å². The molecule has 1 rings (SSSR count). The SMILES string of the molecule is CCOCCCNC(N)=NCC(O)c1ccccc1Cl.I. The van der Waals surface area contributed by atoms with Crippen LogP contribution < -0.4 is 11.1 Å². The summed E-state index contributed by atoms with van der Waals surface area (Å²) >= 11 is 6.00. The summed E-state index contributed by atoms with van der Waals surface area (Å²) < 4.78 is 5.21. The number of hydrogen-bond donors (Lipinski definition) is 3. The van der Waals surface area contributed by atoms with Crippen LogP contribution >= 0.6 is 35.6 Å². The number of nitrogens with one attached hydrogen (secondary N) is 1. The highest BCUT2D eigenvalue weighted by Gasteiger charge is 2.10. The molecule has 21 heavy (non-hydrogen) atoms. The number of guanidine groups is 1. The number of benzene rings is 1. The number of aliphatic hydroxyl groups excluding tert-OH is 1. The van der Waals surface area contributed by atoms with E-state index in [1.165, 1.54) is 0 Å². The van der Waals surface area contributed by atoms with Crippen LogP contribution in [0.15, 0.2) is 29.3 Å². The van der Waals surface area contributed by atoms with Crippen molar-refractivity contribution in [1.82, 2.24) is 5.32 Å². The maximum atomic E-state index is 10.00. The third kappa shape index (κ3) is 8.45. The first-order valence-corrected chi connectivity index (χ1v) is 7.07. The molecule has 0 heterocycles. The minimum atomic E-state index is -0.757. The van der Waals surface area contributed by atoms with Crippen LogP contribution in [0, 0.1) is 0 Å². The van der Waals surface area contributed by atoms with Crippen molar-refractivity contribution in [3.63, 3.8) is 0 Å². The van der Waals surface area contributed by atoms with E-state index in [0.29, 0.717) is 36.3 Å². The smallest absolute Gasteiger partial charge is 0.188 e. The van der Waals surface area contributed by atoms with Crippen LogP contribution in [0.1, 0.15) is 25.0 Å². The third-order valence-electron chi connectivity index (χ3n) is 2.67. The molecule has 0 aliphatic carbocycles. The van der Waals surface area contributed by atoms with Crippen molar-refractivity contribution in [3.05, 3.63) is 34.9 Å². The van der Waals surface area contributed by atoms with Crippen LogP contribution in [0.25, 0.3) is 0 Å². The molecule has 7 heteroatoms.